The van der Waals surface area contributed by atoms with Crippen LogP contribution < -0.4 is 10.6 Å². The molecule has 0 bridgehead atoms. The maximum absolute atomic E-state index is 12.8. The Morgan fingerprint density at radius 3 is 2.12 bits per heavy atom. The quantitative estimate of drug-likeness (QED) is 0.449. The summed E-state index contributed by atoms with van der Waals surface area (Å²) in [7, 11) is 3.45. The summed E-state index contributed by atoms with van der Waals surface area (Å²) in [5.41, 5.74) is 4.46. The van der Waals surface area contributed by atoms with E-state index in [0.29, 0.717) is 12.2 Å². The molecule has 2 aromatic rings. The zero-order chi connectivity index (χ0) is 24.7. The van der Waals surface area contributed by atoms with Crippen molar-refractivity contribution in [2.75, 3.05) is 39.3 Å². The number of thioether (sulfide) groups is 1. The van der Waals surface area contributed by atoms with Crippen LogP contribution in [0.2, 0.25) is 0 Å². The summed E-state index contributed by atoms with van der Waals surface area (Å²) < 4.78 is 5.56. The van der Waals surface area contributed by atoms with Crippen molar-refractivity contribution in [2.24, 2.45) is 0 Å². The van der Waals surface area contributed by atoms with E-state index in [-0.39, 0.29) is 19.1 Å². The van der Waals surface area contributed by atoms with Gasteiger partial charge in [0, 0.05) is 12.5 Å². The first-order chi connectivity index (χ1) is 16.3. The highest BCUT2D eigenvalue weighted by atomic mass is 32.2. The molecular weight excluding hydrogens is 454 g/mol. The lowest BCUT2D eigenvalue weighted by atomic mass is 9.98. The van der Waals surface area contributed by atoms with Crippen molar-refractivity contribution in [1.82, 2.24) is 15.5 Å². The first-order valence-corrected chi connectivity index (χ1v) is 12.5. The lowest BCUT2D eigenvalue weighted by Crippen LogP contribution is -2.54. The molecule has 1 aliphatic rings. The summed E-state index contributed by atoms with van der Waals surface area (Å²) in [5.74, 6) is -1.15. The second-order valence-electron chi connectivity index (χ2n) is 8.47. The summed E-state index contributed by atoms with van der Waals surface area (Å²) in [6, 6.07) is 14.1. The number of carbonyl (C=O) groups is 3. The number of rotatable bonds is 11. The van der Waals surface area contributed by atoms with Crippen LogP contribution in [-0.4, -0.2) is 79.3 Å². The number of aliphatic carboxylic acids is 1. The van der Waals surface area contributed by atoms with Gasteiger partial charge in [-0.2, -0.15) is 11.8 Å². The minimum atomic E-state index is -1.13. The first kappa shape index (κ1) is 25.6. The second kappa shape index (κ2) is 11.9. The zero-order valence-electron chi connectivity index (χ0n) is 19.6. The maximum atomic E-state index is 12.8. The number of carboxylic acids is 1. The van der Waals surface area contributed by atoms with Crippen LogP contribution in [0.15, 0.2) is 48.5 Å². The molecule has 3 N–H and O–H groups in total. The summed E-state index contributed by atoms with van der Waals surface area (Å²) in [5, 5.41) is 14.6. The van der Waals surface area contributed by atoms with Gasteiger partial charge in [0.2, 0.25) is 5.91 Å². The van der Waals surface area contributed by atoms with Crippen LogP contribution in [-0.2, 0) is 14.3 Å². The third-order valence-electron chi connectivity index (χ3n) is 5.73. The number of hydrogen-bond donors (Lipinski definition) is 3. The fourth-order valence-corrected chi connectivity index (χ4v) is 4.58. The fraction of sp³-hybridized carbons (Fsp3) is 0.400. The Bertz CT molecular complexity index is 984. The predicted molar refractivity (Wildman–Crippen MR) is 133 cm³/mol. The smallest absolute Gasteiger partial charge is 0.407 e. The minimum Gasteiger partial charge on any atom is -0.480 e. The molecule has 1 aliphatic carbocycles. The van der Waals surface area contributed by atoms with Crippen molar-refractivity contribution in [2.45, 2.75) is 24.4 Å². The van der Waals surface area contributed by atoms with E-state index < -0.39 is 30.1 Å². The number of fused-ring (bicyclic) bond motifs is 3. The molecule has 0 aromatic heterocycles. The average Bonchev–Trinajstić information content (AvgIpc) is 3.13. The van der Waals surface area contributed by atoms with Gasteiger partial charge in [-0.15, -0.1) is 0 Å². The minimum absolute atomic E-state index is 0.0897. The Kier molecular flexibility index (Phi) is 8.95. The van der Waals surface area contributed by atoms with E-state index in [9.17, 15) is 19.5 Å². The Balaban J connectivity index is 1.65. The maximum Gasteiger partial charge on any atom is 0.407 e. The zero-order valence-corrected chi connectivity index (χ0v) is 20.4. The lowest BCUT2D eigenvalue weighted by molar-refractivity contribution is -0.142. The number of ether oxygens (including phenoxy) is 1. The normalized spacial score (nSPS) is 14.1. The van der Waals surface area contributed by atoms with E-state index in [1.807, 2.05) is 42.7 Å². The molecule has 2 atom stereocenters. The molecule has 0 radical (unpaired) electrons. The molecule has 3 rings (SSSR count). The van der Waals surface area contributed by atoms with Crippen molar-refractivity contribution in [1.29, 1.82) is 0 Å². The highest BCUT2D eigenvalue weighted by Gasteiger charge is 2.30. The van der Waals surface area contributed by atoms with Gasteiger partial charge in [-0.25, -0.2) is 9.59 Å². The number of carboxylic acid groups (broad SMARTS) is 1. The van der Waals surface area contributed by atoms with E-state index in [1.165, 1.54) is 11.8 Å². The topological polar surface area (TPSA) is 108 Å². The number of alkyl carbamates (subject to hydrolysis) is 1. The van der Waals surface area contributed by atoms with Gasteiger partial charge in [0.15, 0.2) is 0 Å². The van der Waals surface area contributed by atoms with Crippen molar-refractivity contribution in [3.8, 4) is 11.1 Å². The monoisotopic (exact) mass is 485 g/mol. The van der Waals surface area contributed by atoms with E-state index in [4.69, 9.17) is 4.74 Å². The summed E-state index contributed by atoms with van der Waals surface area (Å²) in [6.45, 7) is 0.274. The van der Waals surface area contributed by atoms with Gasteiger partial charge in [-0.3, -0.25) is 4.79 Å². The molecule has 0 aliphatic heterocycles. The van der Waals surface area contributed by atoms with Crippen LogP contribution in [0, 0.1) is 0 Å². The van der Waals surface area contributed by atoms with Gasteiger partial charge in [0.25, 0.3) is 0 Å². The molecule has 2 amide bonds. The van der Waals surface area contributed by atoms with Gasteiger partial charge < -0.3 is 25.4 Å². The standard InChI is InChI=1S/C25H31N3O5S/c1-28(2)14-22(24(30)31)26-23(29)21(12-13-34-3)27-25(32)33-15-20-18-10-6-4-8-16(18)17-9-5-7-11-19(17)20/h4-11,20-22H,12-15H2,1-3H3,(H,26,29)(H,27,32)(H,30,31)/t21-,22+/m1/s1. The van der Waals surface area contributed by atoms with Crippen molar-refractivity contribution in [3.05, 3.63) is 59.7 Å². The SMILES string of the molecule is CSCC[C@@H](NC(=O)OCC1c2ccccc2-c2ccccc21)C(=O)N[C@@H](CN(C)C)C(=O)O. The number of amides is 2. The largest absolute Gasteiger partial charge is 0.480 e. The van der Waals surface area contributed by atoms with Gasteiger partial charge in [0.05, 0.1) is 0 Å². The molecule has 0 saturated carbocycles. The van der Waals surface area contributed by atoms with Gasteiger partial charge in [0.1, 0.15) is 18.7 Å². The Morgan fingerprint density at radius 2 is 1.59 bits per heavy atom. The number of nitrogens with zero attached hydrogens (tertiary/aromatic N) is 1. The van der Waals surface area contributed by atoms with Crippen molar-refractivity contribution >= 4 is 29.7 Å². The van der Waals surface area contributed by atoms with E-state index in [2.05, 4.69) is 22.8 Å². The first-order valence-electron chi connectivity index (χ1n) is 11.1. The fourth-order valence-electron chi connectivity index (χ4n) is 4.11. The Morgan fingerprint density at radius 1 is 1.00 bits per heavy atom. The van der Waals surface area contributed by atoms with Gasteiger partial charge in [-0.05, 0) is 54.8 Å². The van der Waals surface area contributed by atoms with Crippen molar-refractivity contribution in [3.63, 3.8) is 0 Å². The van der Waals surface area contributed by atoms with Crippen LogP contribution in [0.5, 0.6) is 0 Å². The molecule has 2 aromatic carbocycles. The predicted octanol–water partition coefficient (Wildman–Crippen LogP) is 2.78. The number of hydrogen-bond acceptors (Lipinski definition) is 6. The molecular formula is C25H31N3O5S. The average molecular weight is 486 g/mol. The van der Waals surface area contributed by atoms with Crippen LogP contribution in [0.25, 0.3) is 11.1 Å². The highest BCUT2D eigenvalue weighted by Crippen LogP contribution is 2.44. The highest BCUT2D eigenvalue weighted by molar-refractivity contribution is 7.98. The van der Waals surface area contributed by atoms with E-state index >= 15 is 0 Å². The lowest BCUT2D eigenvalue weighted by Gasteiger charge is -2.23. The second-order valence-corrected chi connectivity index (χ2v) is 9.45. The molecule has 182 valence electrons. The summed E-state index contributed by atoms with van der Waals surface area (Å²) in [6.07, 6.45) is 1.54. The molecule has 0 fully saturated rings. The number of benzene rings is 2. The molecule has 0 spiro atoms. The Labute approximate surface area is 204 Å². The van der Waals surface area contributed by atoms with Crippen LogP contribution in [0.4, 0.5) is 4.79 Å². The van der Waals surface area contributed by atoms with Gasteiger partial charge >= 0.3 is 12.1 Å². The van der Waals surface area contributed by atoms with Crippen LogP contribution in [0.1, 0.15) is 23.5 Å². The molecule has 8 nitrogen and oxygen atoms in total. The molecule has 0 unspecified atom stereocenters. The van der Waals surface area contributed by atoms with E-state index in [1.54, 1.807) is 19.0 Å². The van der Waals surface area contributed by atoms with Gasteiger partial charge in [-0.1, -0.05) is 48.5 Å². The number of carbonyl (C=O) groups excluding carboxylic acids is 2. The summed E-state index contributed by atoms with van der Waals surface area (Å²) >= 11 is 1.53. The van der Waals surface area contributed by atoms with Crippen molar-refractivity contribution < 1.29 is 24.2 Å². The molecule has 0 saturated heterocycles. The summed E-state index contributed by atoms with van der Waals surface area (Å²) in [4.78, 5) is 38.6. The molecule has 9 heteroatoms. The van der Waals surface area contributed by atoms with E-state index in [0.717, 1.165) is 22.3 Å². The Hall–Kier alpha value is -3.04. The van der Waals surface area contributed by atoms with Crippen LogP contribution in [0.3, 0.4) is 0 Å². The number of nitrogens with one attached hydrogen (secondary N) is 2. The number of likely N-dealkylation sites (N-methyl/N-ethyl adjacent to an activating group) is 1. The third-order valence-corrected chi connectivity index (χ3v) is 6.37. The molecule has 34 heavy (non-hydrogen) atoms. The van der Waals surface area contributed by atoms with Crippen LogP contribution >= 0.6 is 11.8 Å². The third kappa shape index (κ3) is 6.30. The molecule has 0 heterocycles.